The Hall–Kier alpha value is -1.50. The Bertz CT molecular complexity index is 387. The number of hydrogen-bond acceptors (Lipinski definition) is 7. The second kappa shape index (κ2) is 6.95. The molecule has 0 aliphatic heterocycles. The van der Waals surface area contributed by atoms with E-state index in [0.29, 0.717) is 35.4 Å². The molecule has 0 bridgehead atoms. The Morgan fingerprint density at radius 3 is 2.94 bits per heavy atom. The summed E-state index contributed by atoms with van der Waals surface area (Å²) in [5, 5.41) is 0.618. The number of carbonyl (C=O) groups is 1. The van der Waals surface area contributed by atoms with Gasteiger partial charge in [0.05, 0.1) is 20.1 Å². The maximum absolute atomic E-state index is 10.9. The zero-order valence-corrected chi connectivity index (χ0v) is 10.6. The van der Waals surface area contributed by atoms with Crippen LogP contribution >= 0.6 is 11.8 Å². The molecule has 0 radical (unpaired) electrons. The fourth-order valence-electron chi connectivity index (χ4n) is 1.06. The molecule has 1 aromatic heterocycles. The van der Waals surface area contributed by atoms with Crippen LogP contribution in [0.5, 0.6) is 5.88 Å². The summed E-state index contributed by atoms with van der Waals surface area (Å²) in [6, 6.07) is 0. The van der Waals surface area contributed by atoms with Crippen molar-refractivity contribution in [2.24, 2.45) is 0 Å². The number of nitrogen functional groups attached to an aromatic ring is 1. The summed E-state index contributed by atoms with van der Waals surface area (Å²) in [6.45, 7) is 2.35. The smallest absolute Gasteiger partial charge is 0.306 e. The van der Waals surface area contributed by atoms with E-state index in [0.717, 1.165) is 0 Å². The van der Waals surface area contributed by atoms with Crippen molar-refractivity contribution in [1.29, 1.82) is 0 Å². The van der Waals surface area contributed by atoms with Crippen molar-refractivity contribution >= 4 is 23.4 Å². The van der Waals surface area contributed by atoms with Crippen molar-refractivity contribution in [3.63, 3.8) is 0 Å². The van der Waals surface area contributed by atoms with Gasteiger partial charge in [-0.05, 0) is 6.92 Å². The lowest BCUT2D eigenvalue weighted by molar-refractivity contribution is -0.140. The first-order chi connectivity index (χ1) is 8.19. The molecule has 0 saturated carbocycles. The molecule has 1 heterocycles. The minimum Gasteiger partial charge on any atom is -0.476 e. The van der Waals surface area contributed by atoms with Gasteiger partial charge in [0.2, 0.25) is 5.88 Å². The second-order valence-electron chi connectivity index (χ2n) is 3.01. The number of carbonyl (C=O) groups excluding carboxylic acids is 1. The van der Waals surface area contributed by atoms with Crippen LogP contribution < -0.4 is 10.5 Å². The Morgan fingerprint density at radius 1 is 1.53 bits per heavy atom. The SMILES string of the molecule is CCOc1ncnc(SCCC(=O)OC)c1N. The number of esters is 1. The van der Waals surface area contributed by atoms with Gasteiger partial charge in [-0.1, -0.05) is 0 Å². The summed E-state index contributed by atoms with van der Waals surface area (Å²) in [5.41, 5.74) is 6.24. The topological polar surface area (TPSA) is 87.3 Å². The van der Waals surface area contributed by atoms with Crippen LogP contribution in [-0.4, -0.2) is 35.4 Å². The van der Waals surface area contributed by atoms with E-state index in [4.69, 9.17) is 10.5 Å². The lowest BCUT2D eigenvalue weighted by Gasteiger charge is -2.08. The maximum Gasteiger partial charge on any atom is 0.306 e. The van der Waals surface area contributed by atoms with Gasteiger partial charge in [0.25, 0.3) is 0 Å². The van der Waals surface area contributed by atoms with Crippen molar-refractivity contribution in [2.45, 2.75) is 18.4 Å². The predicted octanol–water partition coefficient (Wildman–Crippen LogP) is 1.11. The van der Waals surface area contributed by atoms with Gasteiger partial charge >= 0.3 is 5.97 Å². The van der Waals surface area contributed by atoms with E-state index in [-0.39, 0.29) is 5.97 Å². The van der Waals surface area contributed by atoms with Gasteiger partial charge in [-0.2, -0.15) is 4.98 Å². The molecule has 94 valence electrons. The van der Waals surface area contributed by atoms with Crippen LogP contribution in [0.3, 0.4) is 0 Å². The number of ether oxygens (including phenoxy) is 2. The van der Waals surface area contributed by atoms with Crippen LogP contribution in [-0.2, 0) is 9.53 Å². The third-order valence-electron chi connectivity index (χ3n) is 1.86. The molecular formula is C10H15N3O3S. The van der Waals surface area contributed by atoms with Gasteiger partial charge < -0.3 is 15.2 Å². The normalized spacial score (nSPS) is 10.0. The largest absolute Gasteiger partial charge is 0.476 e. The second-order valence-corrected chi connectivity index (χ2v) is 4.09. The number of thioether (sulfide) groups is 1. The number of hydrogen-bond donors (Lipinski definition) is 1. The van der Waals surface area contributed by atoms with Crippen molar-refractivity contribution in [3.05, 3.63) is 6.33 Å². The number of aromatic nitrogens is 2. The number of rotatable bonds is 6. The first-order valence-corrected chi connectivity index (χ1v) is 6.10. The van der Waals surface area contributed by atoms with Gasteiger partial charge in [-0.15, -0.1) is 11.8 Å². The van der Waals surface area contributed by atoms with E-state index < -0.39 is 0 Å². The minimum atomic E-state index is -0.254. The molecule has 17 heavy (non-hydrogen) atoms. The minimum absolute atomic E-state index is 0.254. The standard InChI is InChI=1S/C10H15N3O3S/c1-3-16-9-8(11)10(13-6-12-9)17-5-4-7(14)15-2/h6H,3-5,11H2,1-2H3. The lowest BCUT2D eigenvalue weighted by Crippen LogP contribution is -2.04. The van der Waals surface area contributed by atoms with Gasteiger partial charge in [0.15, 0.2) is 0 Å². The van der Waals surface area contributed by atoms with E-state index in [1.165, 1.54) is 25.2 Å². The molecule has 0 aliphatic carbocycles. The molecular weight excluding hydrogens is 242 g/mol. The van der Waals surface area contributed by atoms with Gasteiger partial charge in [-0.3, -0.25) is 4.79 Å². The van der Waals surface area contributed by atoms with Crippen molar-refractivity contribution in [2.75, 3.05) is 25.2 Å². The number of anilines is 1. The van der Waals surface area contributed by atoms with Crippen LogP contribution in [0.25, 0.3) is 0 Å². The number of nitrogens with zero attached hydrogens (tertiary/aromatic N) is 2. The molecule has 0 aliphatic rings. The summed E-state index contributed by atoms with van der Waals surface area (Å²) in [5.74, 6) is 0.678. The summed E-state index contributed by atoms with van der Waals surface area (Å²) in [6.07, 6.45) is 1.70. The van der Waals surface area contributed by atoms with Crippen molar-refractivity contribution in [1.82, 2.24) is 9.97 Å². The Balaban J connectivity index is 2.59. The van der Waals surface area contributed by atoms with E-state index >= 15 is 0 Å². The Kier molecular flexibility index (Phi) is 5.55. The predicted molar refractivity (Wildman–Crippen MR) is 65.0 cm³/mol. The molecule has 2 N–H and O–H groups in total. The van der Waals surface area contributed by atoms with Gasteiger partial charge in [0, 0.05) is 5.75 Å². The Labute approximate surface area is 104 Å². The van der Waals surface area contributed by atoms with Gasteiger partial charge in [0.1, 0.15) is 17.0 Å². The third-order valence-corrected chi connectivity index (χ3v) is 2.87. The molecule has 7 heteroatoms. The van der Waals surface area contributed by atoms with Crippen LogP contribution in [0.15, 0.2) is 11.4 Å². The van der Waals surface area contributed by atoms with Crippen LogP contribution in [0.2, 0.25) is 0 Å². The van der Waals surface area contributed by atoms with Gasteiger partial charge in [-0.25, -0.2) is 4.98 Å². The van der Waals surface area contributed by atoms with Crippen LogP contribution in [0.1, 0.15) is 13.3 Å². The fourth-order valence-corrected chi connectivity index (χ4v) is 1.89. The third kappa shape index (κ3) is 4.10. The van der Waals surface area contributed by atoms with Crippen LogP contribution in [0.4, 0.5) is 5.69 Å². The monoisotopic (exact) mass is 257 g/mol. The first kappa shape index (κ1) is 13.6. The van der Waals surface area contributed by atoms with E-state index in [1.54, 1.807) is 0 Å². The van der Waals surface area contributed by atoms with E-state index in [9.17, 15) is 4.79 Å². The highest BCUT2D eigenvalue weighted by Gasteiger charge is 2.10. The molecule has 0 unspecified atom stereocenters. The average molecular weight is 257 g/mol. The Morgan fingerprint density at radius 2 is 2.29 bits per heavy atom. The summed E-state index contributed by atoms with van der Waals surface area (Å²) >= 11 is 1.37. The quantitative estimate of drug-likeness (QED) is 0.464. The highest BCUT2D eigenvalue weighted by molar-refractivity contribution is 7.99. The number of methoxy groups -OCH3 is 1. The zero-order valence-electron chi connectivity index (χ0n) is 9.80. The van der Waals surface area contributed by atoms with E-state index in [2.05, 4.69) is 14.7 Å². The summed E-state index contributed by atoms with van der Waals surface area (Å²) < 4.78 is 9.78. The zero-order chi connectivity index (χ0) is 12.7. The molecule has 0 spiro atoms. The molecule has 1 aromatic rings. The molecule has 0 atom stereocenters. The highest BCUT2D eigenvalue weighted by atomic mass is 32.2. The summed E-state index contributed by atoms with van der Waals surface area (Å²) in [4.78, 5) is 18.9. The summed E-state index contributed by atoms with van der Waals surface area (Å²) in [7, 11) is 1.36. The number of nitrogens with two attached hydrogens (primary N) is 1. The van der Waals surface area contributed by atoms with Crippen molar-refractivity contribution in [3.8, 4) is 5.88 Å². The molecule has 1 rings (SSSR count). The average Bonchev–Trinajstić information content (AvgIpc) is 2.33. The first-order valence-electron chi connectivity index (χ1n) is 5.12. The van der Waals surface area contributed by atoms with Crippen LogP contribution in [0, 0.1) is 0 Å². The highest BCUT2D eigenvalue weighted by Crippen LogP contribution is 2.28. The van der Waals surface area contributed by atoms with E-state index in [1.807, 2.05) is 6.92 Å². The lowest BCUT2D eigenvalue weighted by atomic mass is 10.5. The molecule has 0 aromatic carbocycles. The molecule has 6 nitrogen and oxygen atoms in total. The van der Waals surface area contributed by atoms with Crippen molar-refractivity contribution < 1.29 is 14.3 Å². The molecule has 0 saturated heterocycles. The fraction of sp³-hybridized carbons (Fsp3) is 0.500. The maximum atomic E-state index is 10.9. The molecule has 0 fully saturated rings. The molecule has 0 amide bonds.